The number of hydrogen-bond donors (Lipinski definition) is 1. The van der Waals surface area contributed by atoms with Crippen LogP contribution in [0.5, 0.6) is 0 Å². The first-order valence-corrected chi connectivity index (χ1v) is 8.32. The fourth-order valence-electron chi connectivity index (χ4n) is 2.50. The predicted molar refractivity (Wildman–Crippen MR) is 88.8 cm³/mol. The highest BCUT2D eigenvalue weighted by Crippen LogP contribution is 2.29. The molecule has 19 heavy (non-hydrogen) atoms. The second-order valence-electron chi connectivity index (χ2n) is 5.16. The number of hydrogen-bond acceptors (Lipinski definition) is 1. The van der Waals surface area contributed by atoms with Gasteiger partial charge in [-0.15, -0.1) is 0 Å². The first kappa shape index (κ1) is 16.9. The van der Waals surface area contributed by atoms with Crippen molar-refractivity contribution in [3.05, 3.63) is 33.1 Å². The fraction of sp³-hybridized carbons (Fsp3) is 0.625. The lowest BCUT2D eigenvalue weighted by Crippen LogP contribution is -2.21. The number of nitrogens with one attached hydrogen (secondary N) is 1. The Morgan fingerprint density at radius 3 is 2.58 bits per heavy atom. The van der Waals surface area contributed by atoms with Gasteiger partial charge in [-0.1, -0.05) is 45.6 Å². The Hall–Kier alpha value is -0.160. The van der Waals surface area contributed by atoms with E-state index in [9.17, 15) is 4.39 Å². The van der Waals surface area contributed by atoms with E-state index in [-0.39, 0.29) is 5.82 Å². The molecule has 0 fully saturated rings. The van der Waals surface area contributed by atoms with E-state index in [0.29, 0.717) is 6.04 Å². The van der Waals surface area contributed by atoms with E-state index in [4.69, 9.17) is 0 Å². The summed E-state index contributed by atoms with van der Waals surface area (Å²) in [6.07, 6.45) is 6.21. The molecular formula is C16H25FIN. The second-order valence-corrected chi connectivity index (χ2v) is 6.32. The molecule has 108 valence electrons. The molecule has 1 nitrogen and oxygen atoms in total. The average molecular weight is 377 g/mol. The topological polar surface area (TPSA) is 12.0 Å². The largest absolute Gasteiger partial charge is 0.313 e. The average Bonchev–Trinajstić information content (AvgIpc) is 2.40. The highest BCUT2D eigenvalue weighted by molar-refractivity contribution is 14.1. The molecule has 0 aromatic heterocycles. The van der Waals surface area contributed by atoms with Gasteiger partial charge in [0.15, 0.2) is 0 Å². The lowest BCUT2D eigenvalue weighted by molar-refractivity contribution is 0.364. The highest BCUT2D eigenvalue weighted by atomic mass is 127. The van der Waals surface area contributed by atoms with Crippen LogP contribution < -0.4 is 5.32 Å². The number of rotatable bonds is 8. The first-order valence-electron chi connectivity index (χ1n) is 7.24. The van der Waals surface area contributed by atoms with E-state index >= 15 is 0 Å². The summed E-state index contributed by atoms with van der Waals surface area (Å²) >= 11 is 2.23. The zero-order chi connectivity index (χ0) is 14.3. The molecule has 2 unspecified atom stereocenters. The molecule has 0 radical (unpaired) electrons. The van der Waals surface area contributed by atoms with Crippen LogP contribution >= 0.6 is 22.6 Å². The molecule has 1 aromatic carbocycles. The van der Waals surface area contributed by atoms with Gasteiger partial charge in [0.05, 0.1) is 0 Å². The van der Waals surface area contributed by atoms with Gasteiger partial charge < -0.3 is 5.32 Å². The lowest BCUT2D eigenvalue weighted by Gasteiger charge is -2.23. The molecule has 0 spiro atoms. The Kier molecular flexibility index (Phi) is 7.91. The minimum Gasteiger partial charge on any atom is -0.313 e. The van der Waals surface area contributed by atoms with Gasteiger partial charge >= 0.3 is 0 Å². The molecule has 0 aliphatic heterocycles. The maximum atomic E-state index is 13.2. The third kappa shape index (κ3) is 5.38. The van der Waals surface area contributed by atoms with Crippen molar-refractivity contribution >= 4 is 22.6 Å². The Labute approximate surface area is 130 Å². The van der Waals surface area contributed by atoms with E-state index in [0.717, 1.165) is 15.9 Å². The molecule has 1 rings (SSSR count). The Bertz CT molecular complexity index is 381. The second kappa shape index (κ2) is 8.90. The van der Waals surface area contributed by atoms with Crippen LogP contribution in [0, 0.1) is 15.3 Å². The summed E-state index contributed by atoms with van der Waals surface area (Å²) in [5, 5.41) is 3.39. The van der Waals surface area contributed by atoms with Gasteiger partial charge in [-0.2, -0.15) is 0 Å². The Morgan fingerprint density at radius 1 is 1.32 bits per heavy atom. The Balaban J connectivity index is 2.76. The molecule has 0 bridgehead atoms. The van der Waals surface area contributed by atoms with Gasteiger partial charge in [0, 0.05) is 9.61 Å². The molecule has 1 N–H and O–H groups in total. The maximum Gasteiger partial charge on any atom is 0.124 e. The minimum atomic E-state index is -0.152. The fourth-order valence-corrected chi connectivity index (χ4v) is 3.35. The summed E-state index contributed by atoms with van der Waals surface area (Å²) in [7, 11) is 2.00. The van der Waals surface area contributed by atoms with Crippen molar-refractivity contribution in [2.75, 3.05) is 7.05 Å². The molecule has 3 heteroatoms. The smallest absolute Gasteiger partial charge is 0.124 e. The van der Waals surface area contributed by atoms with Crippen molar-refractivity contribution in [3.63, 3.8) is 0 Å². The maximum absolute atomic E-state index is 13.2. The highest BCUT2D eigenvalue weighted by Gasteiger charge is 2.17. The van der Waals surface area contributed by atoms with Crippen LogP contribution in [-0.2, 0) is 0 Å². The van der Waals surface area contributed by atoms with Crippen molar-refractivity contribution in [2.45, 2.75) is 52.0 Å². The molecule has 0 aliphatic rings. The zero-order valence-electron chi connectivity index (χ0n) is 12.2. The molecule has 2 atom stereocenters. The monoisotopic (exact) mass is 377 g/mol. The summed E-state index contributed by atoms with van der Waals surface area (Å²) in [4.78, 5) is 0. The summed E-state index contributed by atoms with van der Waals surface area (Å²) < 4.78 is 14.2. The quantitative estimate of drug-likeness (QED) is 0.607. The van der Waals surface area contributed by atoms with Gasteiger partial charge in [-0.3, -0.25) is 0 Å². The van der Waals surface area contributed by atoms with Crippen LogP contribution in [0.2, 0.25) is 0 Å². The zero-order valence-corrected chi connectivity index (χ0v) is 14.3. The van der Waals surface area contributed by atoms with Crippen molar-refractivity contribution in [3.8, 4) is 0 Å². The van der Waals surface area contributed by atoms with Gasteiger partial charge in [-0.05, 0) is 59.7 Å². The molecule has 0 heterocycles. The van der Waals surface area contributed by atoms with Crippen molar-refractivity contribution < 1.29 is 4.39 Å². The van der Waals surface area contributed by atoms with Crippen LogP contribution in [0.4, 0.5) is 4.39 Å². The molecular weight excluding hydrogens is 352 g/mol. The summed E-state index contributed by atoms with van der Waals surface area (Å²) in [6.45, 7) is 4.51. The van der Waals surface area contributed by atoms with Gasteiger partial charge in [0.1, 0.15) is 5.82 Å². The van der Waals surface area contributed by atoms with E-state index < -0.39 is 0 Å². The first-order chi connectivity index (χ1) is 9.12. The predicted octanol–water partition coefficient (Wildman–Crippen LogP) is 5.30. The Morgan fingerprint density at radius 2 is 2.05 bits per heavy atom. The summed E-state index contributed by atoms with van der Waals surface area (Å²) in [5.74, 6) is 0.597. The van der Waals surface area contributed by atoms with Crippen molar-refractivity contribution in [1.82, 2.24) is 5.32 Å². The van der Waals surface area contributed by atoms with Crippen molar-refractivity contribution in [1.29, 1.82) is 0 Å². The molecule has 0 saturated heterocycles. The number of unbranched alkanes of at least 4 members (excludes halogenated alkanes) is 1. The molecule has 0 saturated carbocycles. The van der Waals surface area contributed by atoms with Gasteiger partial charge in [0.2, 0.25) is 0 Å². The normalized spacial score (nSPS) is 14.4. The van der Waals surface area contributed by atoms with E-state index in [1.54, 1.807) is 12.1 Å². The SMILES string of the molecule is CCCCC(CC)CC(NC)c1ccc(F)cc1I. The number of benzene rings is 1. The van der Waals surface area contributed by atoms with E-state index in [2.05, 4.69) is 41.8 Å². The number of halogens is 2. The third-order valence-corrected chi connectivity index (χ3v) is 4.73. The van der Waals surface area contributed by atoms with Crippen molar-refractivity contribution in [2.24, 2.45) is 5.92 Å². The van der Waals surface area contributed by atoms with Crippen LogP contribution in [0.1, 0.15) is 57.6 Å². The molecule has 0 aliphatic carbocycles. The van der Waals surface area contributed by atoms with Crippen LogP contribution in [-0.4, -0.2) is 7.05 Å². The summed E-state index contributed by atoms with van der Waals surface area (Å²) in [5.41, 5.74) is 1.22. The van der Waals surface area contributed by atoms with Gasteiger partial charge in [-0.25, -0.2) is 4.39 Å². The van der Waals surface area contributed by atoms with Crippen LogP contribution in [0.25, 0.3) is 0 Å². The standard InChI is InChI=1S/C16H25FIN/c1-4-6-7-12(5-2)10-16(19-3)14-9-8-13(17)11-15(14)18/h8-9,11-12,16,19H,4-7,10H2,1-3H3. The van der Waals surface area contributed by atoms with Gasteiger partial charge in [0.25, 0.3) is 0 Å². The lowest BCUT2D eigenvalue weighted by atomic mass is 9.89. The van der Waals surface area contributed by atoms with Crippen LogP contribution in [0.3, 0.4) is 0 Å². The van der Waals surface area contributed by atoms with E-state index in [1.807, 2.05) is 13.1 Å². The van der Waals surface area contributed by atoms with Crippen LogP contribution in [0.15, 0.2) is 18.2 Å². The molecule has 0 amide bonds. The summed E-state index contributed by atoms with van der Waals surface area (Å²) in [6, 6.07) is 5.43. The minimum absolute atomic E-state index is 0.152. The van der Waals surface area contributed by atoms with E-state index in [1.165, 1.54) is 31.2 Å². The third-order valence-electron chi connectivity index (χ3n) is 3.80. The molecule has 1 aromatic rings.